The zero-order chi connectivity index (χ0) is 21.7. The Morgan fingerprint density at radius 2 is 1.87 bits per heavy atom. The third kappa shape index (κ3) is 5.98. The molecule has 1 aromatic heterocycles. The fourth-order valence-corrected chi connectivity index (χ4v) is 5.38. The van der Waals surface area contributed by atoms with Gasteiger partial charge in [-0.1, -0.05) is 13.8 Å². The Morgan fingerprint density at radius 3 is 2.50 bits per heavy atom. The van der Waals surface area contributed by atoms with E-state index in [1.165, 1.54) is 29.5 Å². The number of likely N-dealkylation sites (tertiary alicyclic amines) is 1. The number of nitrogens with one attached hydrogen (secondary N) is 1. The number of thiazole rings is 1. The van der Waals surface area contributed by atoms with E-state index in [1.807, 2.05) is 36.1 Å². The van der Waals surface area contributed by atoms with Crippen LogP contribution in [0.4, 0.5) is 5.13 Å². The molecule has 2 unspecified atom stereocenters. The Balaban J connectivity index is 1.48. The van der Waals surface area contributed by atoms with Crippen molar-refractivity contribution in [2.75, 3.05) is 37.0 Å². The second kappa shape index (κ2) is 10.3. The number of hydrogen-bond donors (Lipinski definition) is 1. The maximum atomic E-state index is 12.4. The van der Waals surface area contributed by atoms with Crippen molar-refractivity contribution in [3.05, 3.63) is 29.1 Å². The molecule has 2 heterocycles. The first kappa shape index (κ1) is 22.6. The Bertz CT molecular complexity index is 872. The van der Waals surface area contributed by atoms with Gasteiger partial charge in [-0.3, -0.25) is 9.59 Å². The number of carbonyl (C=O) groups excluding carboxylic acids is 2. The van der Waals surface area contributed by atoms with Crippen molar-refractivity contribution in [3.8, 4) is 17.0 Å². The zero-order valence-electron chi connectivity index (χ0n) is 17.9. The van der Waals surface area contributed by atoms with Crippen molar-refractivity contribution < 1.29 is 14.3 Å². The van der Waals surface area contributed by atoms with E-state index in [9.17, 15) is 9.59 Å². The van der Waals surface area contributed by atoms with E-state index in [0.29, 0.717) is 22.7 Å². The highest BCUT2D eigenvalue weighted by Crippen LogP contribution is 2.31. The number of anilines is 1. The third-order valence-electron chi connectivity index (χ3n) is 5.09. The van der Waals surface area contributed by atoms with E-state index < -0.39 is 0 Å². The Kier molecular flexibility index (Phi) is 7.77. The summed E-state index contributed by atoms with van der Waals surface area (Å²) < 4.78 is 5.19. The van der Waals surface area contributed by atoms with Crippen LogP contribution in [0.1, 0.15) is 25.1 Å². The summed E-state index contributed by atoms with van der Waals surface area (Å²) in [6, 6.07) is 7.69. The average molecular weight is 448 g/mol. The molecular weight excluding hydrogens is 418 g/mol. The third-order valence-corrected chi connectivity index (χ3v) is 6.89. The lowest BCUT2D eigenvalue weighted by Crippen LogP contribution is -2.43. The quantitative estimate of drug-likeness (QED) is 0.685. The first-order valence-corrected chi connectivity index (χ1v) is 12.1. The van der Waals surface area contributed by atoms with Crippen molar-refractivity contribution in [3.63, 3.8) is 0 Å². The van der Waals surface area contributed by atoms with Gasteiger partial charge in [-0.05, 0) is 49.4 Å². The molecule has 1 fully saturated rings. The van der Waals surface area contributed by atoms with Gasteiger partial charge < -0.3 is 15.0 Å². The van der Waals surface area contributed by atoms with Gasteiger partial charge in [0.25, 0.3) is 0 Å². The molecule has 1 aromatic carbocycles. The number of thioether (sulfide) groups is 1. The lowest BCUT2D eigenvalue weighted by molar-refractivity contribution is -0.130. The minimum absolute atomic E-state index is 0.123. The SMILES string of the molecule is COc1ccc(-c2nc(NC(=O)CSCC(=O)N3CC(C)CC(C)C3)sc2C)cc1. The molecule has 1 aliphatic rings. The van der Waals surface area contributed by atoms with Gasteiger partial charge in [0.1, 0.15) is 5.75 Å². The fraction of sp³-hybridized carbons (Fsp3) is 0.500. The molecule has 0 bridgehead atoms. The first-order chi connectivity index (χ1) is 14.4. The zero-order valence-corrected chi connectivity index (χ0v) is 19.6. The van der Waals surface area contributed by atoms with Gasteiger partial charge in [-0.2, -0.15) is 0 Å². The van der Waals surface area contributed by atoms with Crippen molar-refractivity contribution in [2.45, 2.75) is 27.2 Å². The largest absolute Gasteiger partial charge is 0.497 e. The number of piperidine rings is 1. The molecule has 2 aromatic rings. The number of aryl methyl sites for hydroxylation is 1. The molecule has 162 valence electrons. The van der Waals surface area contributed by atoms with Crippen LogP contribution < -0.4 is 10.1 Å². The van der Waals surface area contributed by atoms with E-state index in [4.69, 9.17) is 4.74 Å². The van der Waals surface area contributed by atoms with Crippen LogP contribution in [0.5, 0.6) is 5.75 Å². The smallest absolute Gasteiger partial charge is 0.236 e. The summed E-state index contributed by atoms with van der Waals surface area (Å²) in [5.74, 6) is 2.43. The number of benzene rings is 1. The molecule has 8 heteroatoms. The number of amides is 2. The average Bonchev–Trinajstić information content (AvgIpc) is 3.07. The van der Waals surface area contributed by atoms with Crippen LogP contribution in [0.2, 0.25) is 0 Å². The highest BCUT2D eigenvalue weighted by molar-refractivity contribution is 8.00. The van der Waals surface area contributed by atoms with Crippen LogP contribution >= 0.6 is 23.1 Å². The highest BCUT2D eigenvalue weighted by atomic mass is 32.2. The maximum absolute atomic E-state index is 12.4. The molecule has 2 atom stereocenters. The minimum atomic E-state index is -0.136. The highest BCUT2D eigenvalue weighted by Gasteiger charge is 2.25. The summed E-state index contributed by atoms with van der Waals surface area (Å²) in [5, 5.41) is 3.44. The second-order valence-corrected chi connectivity index (χ2v) is 10.1. The van der Waals surface area contributed by atoms with E-state index in [0.717, 1.165) is 35.0 Å². The molecule has 2 amide bonds. The lowest BCUT2D eigenvalue weighted by atomic mass is 9.92. The Morgan fingerprint density at radius 1 is 1.20 bits per heavy atom. The maximum Gasteiger partial charge on any atom is 0.236 e. The molecule has 3 rings (SSSR count). The number of nitrogens with zero attached hydrogens (tertiary/aromatic N) is 2. The standard InChI is InChI=1S/C22H29N3O3S2/c1-14-9-15(2)11-25(10-14)20(27)13-29-12-19(26)23-22-24-21(16(3)30-22)17-5-7-18(28-4)8-6-17/h5-8,14-15H,9-13H2,1-4H3,(H,23,24,26). The predicted molar refractivity (Wildman–Crippen MR) is 124 cm³/mol. The lowest BCUT2D eigenvalue weighted by Gasteiger charge is -2.35. The number of methoxy groups -OCH3 is 1. The molecule has 6 nitrogen and oxygen atoms in total. The van der Waals surface area contributed by atoms with E-state index in [-0.39, 0.29) is 17.6 Å². The van der Waals surface area contributed by atoms with Crippen molar-refractivity contribution in [1.82, 2.24) is 9.88 Å². The molecule has 1 aliphatic heterocycles. The molecule has 1 saturated heterocycles. The Hall–Kier alpha value is -2.06. The van der Waals surface area contributed by atoms with Crippen molar-refractivity contribution in [1.29, 1.82) is 0 Å². The number of rotatable bonds is 7. The second-order valence-electron chi connectivity index (χ2n) is 7.94. The van der Waals surface area contributed by atoms with E-state index in [2.05, 4.69) is 24.1 Å². The van der Waals surface area contributed by atoms with Gasteiger partial charge in [0.15, 0.2) is 5.13 Å². The minimum Gasteiger partial charge on any atom is -0.497 e. The van der Waals surface area contributed by atoms with Crippen LogP contribution in [0.15, 0.2) is 24.3 Å². The number of hydrogen-bond acceptors (Lipinski definition) is 6. The van der Waals surface area contributed by atoms with E-state index in [1.54, 1.807) is 7.11 Å². The molecular formula is C22H29N3O3S2. The molecule has 0 aliphatic carbocycles. The molecule has 30 heavy (non-hydrogen) atoms. The normalized spacial score (nSPS) is 18.9. The topological polar surface area (TPSA) is 71.5 Å². The van der Waals surface area contributed by atoms with Gasteiger partial charge >= 0.3 is 0 Å². The Labute approximate surface area is 186 Å². The van der Waals surface area contributed by atoms with Gasteiger partial charge in [0, 0.05) is 23.5 Å². The van der Waals surface area contributed by atoms with E-state index >= 15 is 0 Å². The molecule has 0 saturated carbocycles. The number of aromatic nitrogens is 1. The van der Waals surface area contributed by atoms with Crippen LogP contribution in [0.3, 0.4) is 0 Å². The van der Waals surface area contributed by atoms with Crippen LogP contribution in [0, 0.1) is 18.8 Å². The predicted octanol–water partition coefficient (Wildman–Crippen LogP) is 4.30. The van der Waals surface area contributed by atoms with Crippen molar-refractivity contribution in [2.24, 2.45) is 11.8 Å². The molecule has 0 radical (unpaired) electrons. The fourth-order valence-electron chi connectivity index (χ4n) is 3.81. The monoisotopic (exact) mass is 447 g/mol. The summed E-state index contributed by atoms with van der Waals surface area (Å²) in [7, 11) is 1.63. The van der Waals surface area contributed by atoms with Gasteiger partial charge in [-0.15, -0.1) is 23.1 Å². The van der Waals surface area contributed by atoms with Gasteiger partial charge in [0.05, 0.1) is 24.3 Å². The van der Waals surface area contributed by atoms with Crippen LogP contribution in [-0.2, 0) is 9.59 Å². The number of ether oxygens (including phenoxy) is 1. The molecule has 0 spiro atoms. The summed E-state index contributed by atoms with van der Waals surface area (Å²) in [6.07, 6.45) is 1.17. The van der Waals surface area contributed by atoms with Crippen molar-refractivity contribution >= 4 is 40.0 Å². The summed E-state index contributed by atoms with van der Waals surface area (Å²) in [5.41, 5.74) is 1.84. The molecule has 1 N–H and O–H groups in total. The van der Waals surface area contributed by atoms with Gasteiger partial charge in [0.2, 0.25) is 11.8 Å². The van der Waals surface area contributed by atoms with Gasteiger partial charge in [-0.25, -0.2) is 4.98 Å². The summed E-state index contributed by atoms with van der Waals surface area (Å²) >= 11 is 2.81. The first-order valence-electron chi connectivity index (χ1n) is 10.1. The summed E-state index contributed by atoms with van der Waals surface area (Å²) in [4.78, 5) is 32.3. The van der Waals surface area contributed by atoms with Crippen LogP contribution in [0.25, 0.3) is 11.3 Å². The summed E-state index contributed by atoms with van der Waals surface area (Å²) in [6.45, 7) is 8.01. The van der Waals surface area contributed by atoms with Crippen LogP contribution in [-0.4, -0.2) is 53.4 Å². The number of carbonyl (C=O) groups is 2.